The number of likely N-dealkylation sites (N-methyl/N-ethyl adjacent to an activating group) is 1. The van der Waals surface area contributed by atoms with Gasteiger partial charge in [-0.05, 0) is 52.1 Å². The Bertz CT molecular complexity index is 290. The van der Waals surface area contributed by atoms with Crippen LogP contribution in [0.1, 0.15) is 90.9 Å². The molecule has 21 heavy (non-hydrogen) atoms. The van der Waals surface area contributed by atoms with E-state index in [1.807, 2.05) is 0 Å². The quantitative estimate of drug-likeness (QED) is 0.516. The summed E-state index contributed by atoms with van der Waals surface area (Å²) in [6.07, 6.45) is 14.4. The lowest BCUT2D eigenvalue weighted by molar-refractivity contribution is -0.132. The highest BCUT2D eigenvalue weighted by molar-refractivity contribution is 5.88. The number of Topliss-reactive ketones (excluding diaryl/α,β-unsaturated/α-hetero) is 1. The molecule has 0 unspecified atom stereocenters. The average Bonchev–Trinajstić information content (AvgIpc) is 2.46. The SMILES string of the molecule is CCCCCCCCCC(=O)C1(N(C)C)CCC(C)CC1. The molecule has 1 fully saturated rings. The zero-order chi connectivity index (χ0) is 15.7. The summed E-state index contributed by atoms with van der Waals surface area (Å²) < 4.78 is 0. The number of unbranched alkanes of at least 4 members (excludes halogenated alkanes) is 6. The molecular formula is C19H37NO. The molecule has 0 spiro atoms. The maximum atomic E-state index is 12.8. The smallest absolute Gasteiger partial charge is 0.153 e. The van der Waals surface area contributed by atoms with Gasteiger partial charge in [-0.1, -0.05) is 52.4 Å². The van der Waals surface area contributed by atoms with Crippen LogP contribution in [0.4, 0.5) is 0 Å². The normalized spacial score (nSPS) is 26.2. The molecule has 1 aliphatic rings. The van der Waals surface area contributed by atoms with Crippen LogP contribution in [0.25, 0.3) is 0 Å². The van der Waals surface area contributed by atoms with E-state index in [4.69, 9.17) is 0 Å². The Morgan fingerprint density at radius 1 is 1.00 bits per heavy atom. The van der Waals surface area contributed by atoms with Gasteiger partial charge in [0.25, 0.3) is 0 Å². The van der Waals surface area contributed by atoms with Crippen LogP contribution >= 0.6 is 0 Å². The van der Waals surface area contributed by atoms with Crippen LogP contribution in [0, 0.1) is 5.92 Å². The summed E-state index contributed by atoms with van der Waals surface area (Å²) in [6, 6.07) is 0. The van der Waals surface area contributed by atoms with Gasteiger partial charge in [0.1, 0.15) is 0 Å². The Kier molecular flexibility index (Phi) is 8.55. The lowest BCUT2D eigenvalue weighted by atomic mass is 9.73. The van der Waals surface area contributed by atoms with Crippen molar-refractivity contribution in [2.24, 2.45) is 5.92 Å². The van der Waals surface area contributed by atoms with Crippen molar-refractivity contribution in [2.75, 3.05) is 14.1 Å². The standard InChI is InChI=1S/C19H37NO/c1-5-6-7-8-9-10-11-12-18(21)19(20(3)4)15-13-17(2)14-16-19/h17H,5-16H2,1-4H3. The number of carbonyl (C=O) groups excluding carboxylic acids is 1. The van der Waals surface area contributed by atoms with Crippen LogP contribution in [0.15, 0.2) is 0 Å². The van der Waals surface area contributed by atoms with Gasteiger partial charge in [-0.2, -0.15) is 0 Å². The summed E-state index contributed by atoms with van der Waals surface area (Å²) in [5, 5.41) is 0. The number of carbonyl (C=O) groups is 1. The van der Waals surface area contributed by atoms with E-state index in [0.717, 1.165) is 31.6 Å². The first kappa shape index (κ1) is 18.7. The van der Waals surface area contributed by atoms with Crippen molar-refractivity contribution in [1.29, 1.82) is 0 Å². The van der Waals surface area contributed by atoms with Crippen molar-refractivity contribution >= 4 is 5.78 Å². The second kappa shape index (κ2) is 9.61. The molecule has 2 nitrogen and oxygen atoms in total. The number of rotatable bonds is 10. The van der Waals surface area contributed by atoms with Gasteiger partial charge in [0.2, 0.25) is 0 Å². The molecule has 124 valence electrons. The molecule has 0 atom stereocenters. The molecule has 0 saturated heterocycles. The summed E-state index contributed by atoms with van der Waals surface area (Å²) >= 11 is 0. The van der Waals surface area contributed by atoms with Crippen LogP contribution in [-0.4, -0.2) is 30.3 Å². The number of nitrogens with zero attached hydrogens (tertiary/aromatic N) is 1. The van der Waals surface area contributed by atoms with Crippen molar-refractivity contribution < 1.29 is 4.79 Å². The fraction of sp³-hybridized carbons (Fsp3) is 0.947. The molecule has 1 rings (SSSR count). The van der Waals surface area contributed by atoms with Gasteiger partial charge in [0.15, 0.2) is 5.78 Å². The summed E-state index contributed by atoms with van der Waals surface area (Å²) in [4.78, 5) is 15.0. The molecule has 0 aromatic carbocycles. The number of hydrogen-bond acceptors (Lipinski definition) is 2. The van der Waals surface area contributed by atoms with Crippen LogP contribution in [0.5, 0.6) is 0 Å². The predicted molar refractivity (Wildman–Crippen MR) is 91.7 cm³/mol. The molecule has 0 heterocycles. The van der Waals surface area contributed by atoms with Gasteiger partial charge in [-0.3, -0.25) is 9.69 Å². The molecule has 0 radical (unpaired) electrons. The second-order valence-electron chi connectivity index (χ2n) is 7.40. The molecule has 0 amide bonds. The maximum Gasteiger partial charge on any atom is 0.153 e. The summed E-state index contributed by atoms with van der Waals surface area (Å²) in [5.74, 6) is 1.30. The van der Waals surface area contributed by atoms with Gasteiger partial charge in [-0.25, -0.2) is 0 Å². The van der Waals surface area contributed by atoms with Gasteiger partial charge >= 0.3 is 0 Å². The van der Waals surface area contributed by atoms with Crippen molar-refractivity contribution in [3.63, 3.8) is 0 Å². The second-order valence-corrected chi connectivity index (χ2v) is 7.40. The number of hydrogen-bond donors (Lipinski definition) is 0. The van der Waals surface area contributed by atoms with Crippen molar-refractivity contribution in [3.8, 4) is 0 Å². The average molecular weight is 296 g/mol. The molecule has 1 saturated carbocycles. The first-order chi connectivity index (χ1) is 10.0. The minimum atomic E-state index is -0.144. The van der Waals surface area contributed by atoms with E-state index < -0.39 is 0 Å². The van der Waals surface area contributed by atoms with Crippen molar-refractivity contribution in [2.45, 2.75) is 96.4 Å². The van der Waals surface area contributed by atoms with Gasteiger partial charge in [0.05, 0.1) is 5.54 Å². The Morgan fingerprint density at radius 2 is 1.52 bits per heavy atom. The highest BCUT2D eigenvalue weighted by Gasteiger charge is 2.41. The molecule has 0 bridgehead atoms. The third kappa shape index (κ3) is 5.73. The van der Waals surface area contributed by atoms with Gasteiger partial charge in [-0.15, -0.1) is 0 Å². The molecule has 2 heteroatoms. The molecule has 0 N–H and O–H groups in total. The van der Waals surface area contributed by atoms with Crippen LogP contribution in [0.2, 0.25) is 0 Å². The molecule has 0 aromatic heterocycles. The Morgan fingerprint density at radius 3 is 2.05 bits per heavy atom. The van der Waals surface area contributed by atoms with Gasteiger partial charge in [0, 0.05) is 6.42 Å². The fourth-order valence-electron chi connectivity index (χ4n) is 3.69. The van der Waals surface area contributed by atoms with Gasteiger partial charge < -0.3 is 0 Å². The fourth-order valence-corrected chi connectivity index (χ4v) is 3.69. The summed E-state index contributed by atoms with van der Waals surface area (Å²) in [7, 11) is 4.19. The van der Waals surface area contributed by atoms with E-state index in [-0.39, 0.29) is 5.54 Å². The van der Waals surface area contributed by atoms with Crippen LogP contribution in [-0.2, 0) is 4.79 Å². The van der Waals surface area contributed by atoms with E-state index in [1.54, 1.807) is 0 Å². The topological polar surface area (TPSA) is 20.3 Å². The molecular weight excluding hydrogens is 258 g/mol. The Labute approximate surface area is 132 Å². The minimum absolute atomic E-state index is 0.144. The zero-order valence-electron chi connectivity index (χ0n) is 14.9. The Hall–Kier alpha value is -0.370. The minimum Gasteiger partial charge on any atom is -0.298 e. The Balaban J connectivity index is 2.31. The number of ketones is 1. The summed E-state index contributed by atoms with van der Waals surface area (Å²) in [5.41, 5.74) is -0.144. The predicted octanol–water partition coefficient (Wildman–Crippen LogP) is 5.21. The lowest BCUT2D eigenvalue weighted by Crippen LogP contribution is -2.53. The third-order valence-corrected chi connectivity index (χ3v) is 5.48. The first-order valence-electron chi connectivity index (χ1n) is 9.23. The highest BCUT2D eigenvalue weighted by atomic mass is 16.1. The first-order valence-corrected chi connectivity index (χ1v) is 9.23. The van der Waals surface area contributed by atoms with E-state index in [0.29, 0.717) is 5.78 Å². The van der Waals surface area contributed by atoms with E-state index in [1.165, 1.54) is 51.4 Å². The monoisotopic (exact) mass is 295 g/mol. The largest absolute Gasteiger partial charge is 0.298 e. The molecule has 1 aliphatic carbocycles. The van der Waals surface area contributed by atoms with E-state index >= 15 is 0 Å². The third-order valence-electron chi connectivity index (χ3n) is 5.48. The maximum absolute atomic E-state index is 12.8. The van der Waals surface area contributed by atoms with E-state index in [9.17, 15) is 4.79 Å². The van der Waals surface area contributed by atoms with Crippen molar-refractivity contribution in [1.82, 2.24) is 4.90 Å². The van der Waals surface area contributed by atoms with Crippen LogP contribution in [0.3, 0.4) is 0 Å². The van der Waals surface area contributed by atoms with Crippen LogP contribution < -0.4 is 0 Å². The zero-order valence-corrected chi connectivity index (χ0v) is 14.9. The molecule has 0 aliphatic heterocycles. The van der Waals surface area contributed by atoms with E-state index in [2.05, 4.69) is 32.8 Å². The highest BCUT2D eigenvalue weighted by Crippen LogP contribution is 2.37. The molecule has 0 aromatic rings. The summed E-state index contributed by atoms with van der Waals surface area (Å²) in [6.45, 7) is 4.57. The lowest BCUT2D eigenvalue weighted by Gasteiger charge is -2.43. The van der Waals surface area contributed by atoms with Crippen molar-refractivity contribution in [3.05, 3.63) is 0 Å².